The van der Waals surface area contributed by atoms with Gasteiger partial charge >= 0.3 is 11.9 Å². The van der Waals surface area contributed by atoms with Crippen molar-refractivity contribution in [2.75, 3.05) is 11.9 Å². The molecule has 1 aromatic heterocycles. The molecule has 3 rings (SSSR count). The predicted octanol–water partition coefficient (Wildman–Crippen LogP) is 6.43. The van der Waals surface area contributed by atoms with E-state index in [-0.39, 0.29) is 16.5 Å². The number of hydrogen-bond acceptors (Lipinski definition) is 5. The second-order valence-corrected chi connectivity index (χ2v) is 7.90. The van der Waals surface area contributed by atoms with Gasteiger partial charge in [-0.1, -0.05) is 46.4 Å². The van der Waals surface area contributed by atoms with E-state index in [1.165, 1.54) is 18.2 Å². The van der Waals surface area contributed by atoms with Crippen LogP contribution < -0.4 is 10.1 Å². The van der Waals surface area contributed by atoms with Crippen molar-refractivity contribution >= 4 is 63.8 Å². The monoisotopic (exact) mass is 542 g/mol. The third-order valence-corrected chi connectivity index (χ3v) is 5.12. The second-order valence-electron chi connectivity index (χ2n) is 6.25. The van der Waals surface area contributed by atoms with E-state index in [0.717, 1.165) is 10.9 Å². The molecule has 0 aliphatic carbocycles. The molecule has 0 aliphatic rings. The summed E-state index contributed by atoms with van der Waals surface area (Å²) in [5, 5.41) is 16.8. The summed E-state index contributed by atoms with van der Waals surface area (Å²) < 4.78 is 45.0. The highest BCUT2D eigenvalue weighted by molar-refractivity contribution is 6.38. The highest BCUT2D eigenvalue weighted by Gasteiger charge is 2.33. The Hall–Kier alpha value is -2.73. The first-order valence-electron chi connectivity index (χ1n) is 8.55. The van der Waals surface area contributed by atoms with E-state index in [0.29, 0.717) is 17.2 Å². The van der Waals surface area contributed by atoms with E-state index in [1.807, 2.05) is 0 Å². The average molecular weight is 544 g/mol. The standard InChI is InChI=1S/C18H9Cl4F3N4O4/c19-9-1-2-14(10(20)5-9)33-7-15(30)27-17-13(29(31)32)6-26-28(17)16-11(21)3-8(4-12(16)22)18(23,24)25/h1-6H,7H2,(H,27,30). The molecule has 0 aliphatic heterocycles. The molecule has 3 aromatic rings. The normalized spacial score (nSPS) is 11.4. The lowest BCUT2D eigenvalue weighted by molar-refractivity contribution is -0.384. The van der Waals surface area contributed by atoms with Crippen LogP contribution in [0.4, 0.5) is 24.7 Å². The highest BCUT2D eigenvalue weighted by Crippen LogP contribution is 2.39. The van der Waals surface area contributed by atoms with Gasteiger partial charge in [-0.05, 0) is 30.3 Å². The fourth-order valence-corrected chi connectivity index (χ4v) is 3.71. The van der Waals surface area contributed by atoms with Crippen molar-refractivity contribution in [3.05, 3.63) is 72.3 Å². The van der Waals surface area contributed by atoms with Crippen molar-refractivity contribution in [3.63, 3.8) is 0 Å². The SMILES string of the molecule is O=C(COc1ccc(Cl)cc1Cl)Nc1c([N+](=O)[O-])cnn1-c1c(Cl)cc(C(F)(F)F)cc1Cl. The molecule has 0 spiro atoms. The van der Waals surface area contributed by atoms with Gasteiger partial charge in [-0.15, -0.1) is 0 Å². The fourth-order valence-electron chi connectivity index (χ4n) is 2.60. The summed E-state index contributed by atoms with van der Waals surface area (Å²) >= 11 is 23.7. The van der Waals surface area contributed by atoms with Crippen LogP contribution in [0.2, 0.25) is 20.1 Å². The average Bonchev–Trinajstić information content (AvgIpc) is 3.09. The zero-order valence-electron chi connectivity index (χ0n) is 15.8. The molecular formula is C18H9Cl4F3N4O4. The van der Waals surface area contributed by atoms with Crippen LogP contribution in [0.25, 0.3) is 5.69 Å². The van der Waals surface area contributed by atoms with Gasteiger partial charge in [0.15, 0.2) is 6.61 Å². The molecule has 15 heteroatoms. The number of benzene rings is 2. The van der Waals surface area contributed by atoms with Gasteiger partial charge in [-0.3, -0.25) is 14.9 Å². The van der Waals surface area contributed by atoms with Crippen LogP contribution in [0.3, 0.4) is 0 Å². The fraction of sp³-hybridized carbons (Fsp3) is 0.111. The van der Waals surface area contributed by atoms with Crippen LogP contribution in [0.1, 0.15) is 5.56 Å². The van der Waals surface area contributed by atoms with Crippen molar-refractivity contribution < 1.29 is 27.6 Å². The Morgan fingerprint density at radius 3 is 2.30 bits per heavy atom. The van der Waals surface area contributed by atoms with Gasteiger partial charge in [-0.25, -0.2) is 4.68 Å². The van der Waals surface area contributed by atoms with Crippen LogP contribution in [0, 0.1) is 10.1 Å². The molecule has 0 fully saturated rings. The van der Waals surface area contributed by atoms with Gasteiger partial charge in [0.1, 0.15) is 17.6 Å². The molecular weight excluding hydrogens is 535 g/mol. The Kier molecular flexibility index (Phi) is 7.27. The van der Waals surface area contributed by atoms with E-state index >= 15 is 0 Å². The molecule has 0 radical (unpaired) electrons. The number of rotatable bonds is 6. The lowest BCUT2D eigenvalue weighted by atomic mass is 10.2. The van der Waals surface area contributed by atoms with Crippen LogP contribution in [-0.4, -0.2) is 27.2 Å². The smallest absolute Gasteiger partial charge is 0.416 e. The lowest BCUT2D eigenvalue weighted by Gasteiger charge is -2.14. The van der Waals surface area contributed by atoms with E-state index < -0.39 is 50.7 Å². The molecule has 0 atom stereocenters. The van der Waals surface area contributed by atoms with E-state index in [1.54, 1.807) is 0 Å². The number of halogens is 7. The Balaban J connectivity index is 1.93. The Morgan fingerprint density at radius 1 is 1.12 bits per heavy atom. The maximum absolute atomic E-state index is 13.0. The van der Waals surface area contributed by atoms with Crippen LogP contribution >= 0.6 is 46.4 Å². The minimum atomic E-state index is -4.74. The zero-order chi connectivity index (χ0) is 24.5. The van der Waals surface area contributed by atoms with Gasteiger partial charge in [-0.2, -0.15) is 18.3 Å². The third-order valence-electron chi connectivity index (χ3n) is 4.01. The minimum Gasteiger partial charge on any atom is -0.482 e. The van der Waals surface area contributed by atoms with E-state index in [9.17, 15) is 28.1 Å². The number of nitrogens with zero attached hydrogens (tertiary/aromatic N) is 3. The molecule has 2 aromatic carbocycles. The van der Waals surface area contributed by atoms with Crippen LogP contribution in [-0.2, 0) is 11.0 Å². The van der Waals surface area contributed by atoms with Gasteiger partial charge in [0, 0.05) is 5.02 Å². The molecule has 33 heavy (non-hydrogen) atoms. The topological polar surface area (TPSA) is 99.3 Å². The van der Waals surface area contributed by atoms with Gasteiger partial charge in [0.2, 0.25) is 5.82 Å². The maximum Gasteiger partial charge on any atom is 0.416 e. The van der Waals surface area contributed by atoms with Gasteiger partial charge in [0.05, 0.1) is 25.6 Å². The number of anilines is 1. The summed E-state index contributed by atoms with van der Waals surface area (Å²) in [4.78, 5) is 22.9. The molecule has 0 saturated heterocycles. The zero-order valence-corrected chi connectivity index (χ0v) is 18.8. The molecule has 174 valence electrons. The molecule has 1 amide bonds. The number of ether oxygens (including phenoxy) is 1. The number of amides is 1. The molecule has 0 bridgehead atoms. The molecule has 1 heterocycles. The quantitative estimate of drug-likeness (QED) is 0.285. The minimum absolute atomic E-state index is 0.119. The molecule has 0 saturated carbocycles. The number of alkyl halides is 3. The van der Waals surface area contributed by atoms with Crippen molar-refractivity contribution in [2.24, 2.45) is 0 Å². The summed E-state index contributed by atoms with van der Waals surface area (Å²) in [6, 6.07) is 5.41. The molecule has 8 nitrogen and oxygen atoms in total. The number of nitro groups is 1. The first-order chi connectivity index (χ1) is 15.4. The third kappa shape index (κ3) is 5.61. The number of carbonyl (C=O) groups excluding carboxylic acids is 1. The summed E-state index contributed by atoms with van der Waals surface area (Å²) in [6.07, 6.45) is -3.96. The molecule has 0 unspecified atom stereocenters. The van der Waals surface area contributed by atoms with Crippen molar-refractivity contribution in [1.29, 1.82) is 0 Å². The van der Waals surface area contributed by atoms with Gasteiger partial charge in [0.25, 0.3) is 5.91 Å². The van der Waals surface area contributed by atoms with E-state index in [4.69, 9.17) is 51.1 Å². The van der Waals surface area contributed by atoms with Crippen LogP contribution in [0.15, 0.2) is 36.5 Å². The summed E-state index contributed by atoms with van der Waals surface area (Å²) in [5.74, 6) is -1.25. The number of hydrogen-bond donors (Lipinski definition) is 1. The lowest BCUT2D eigenvalue weighted by Crippen LogP contribution is -2.22. The predicted molar refractivity (Wildman–Crippen MR) is 116 cm³/mol. The first kappa shape index (κ1) is 24.9. The van der Waals surface area contributed by atoms with Crippen molar-refractivity contribution in [3.8, 4) is 11.4 Å². The van der Waals surface area contributed by atoms with Crippen molar-refractivity contribution in [2.45, 2.75) is 6.18 Å². The Morgan fingerprint density at radius 2 is 1.76 bits per heavy atom. The Bertz CT molecular complexity index is 1230. The number of aromatic nitrogens is 2. The number of nitrogens with one attached hydrogen (secondary N) is 1. The summed E-state index contributed by atoms with van der Waals surface area (Å²) in [6.45, 7) is -0.627. The number of carbonyl (C=O) groups is 1. The second kappa shape index (κ2) is 9.64. The maximum atomic E-state index is 13.0. The summed E-state index contributed by atoms with van der Waals surface area (Å²) in [5.41, 5.74) is -2.11. The summed E-state index contributed by atoms with van der Waals surface area (Å²) in [7, 11) is 0. The largest absolute Gasteiger partial charge is 0.482 e. The Labute approximate surface area is 202 Å². The highest BCUT2D eigenvalue weighted by atomic mass is 35.5. The van der Waals surface area contributed by atoms with Gasteiger partial charge < -0.3 is 10.1 Å². The first-order valence-corrected chi connectivity index (χ1v) is 10.1. The molecule has 1 N–H and O–H groups in total. The van der Waals surface area contributed by atoms with Crippen molar-refractivity contribution in [1.82, 2.24) is 9.78 Å². The van der Waals surface area contributed by atoms with E-state index in [2.05, 4.69) is 10.4 Å². The van der Waals surface area contributed by atoms with Crippen LogP contribution in [0.5, 0.6) is 5.75 Å².